The number of allylic oxidation sites excluding steroid dienone is 2. The molecule has 1 rings (SSSR count). The summed E-state index contributed by atoms with van der Waals surface area (Å²) in [6.07, 6.45) is 6.26. The Hall–Kier alpha value is -0.310. The Bertz CT molecular complexity index is 201. The number of rotatable bonds is 5. The SMILES string of the molecule is CCOC(=O)C1CC1/C=C\CCBr. The number of esters is 1. The monoisotopic (exact) mass is 246 g/mol. The fourth-order valence-electron chi connectivity index (χ4n) is 1.28. The first-order chi connectivity index (χ1) is 6.29. The Morgan fingerprint density at radius 2 is 2.46 bits per heavy atom. The number of alkyl halides is 1. The molecule has 0 spiro atoms. The molecular weight excluding hydrogens is 232 g/mol. The molecule has 0 amide bonds. The van der Waals surface area contributed by atoms with Crippen molar-refractivity contribution in [2.75, 3.05) is 11.9 Å². The largest absolute Gasteiger partial charge is 0.466 e. The van der Waals surface area contributed by atoms with Gasteiger partial charge in [0.25, 0.3) is 0 Å². The Morgan fingerprint density at radius 1 is 1.69 bits per heavy atom. The van der Waals surface area contributed by atoms with E-state index < -0.39 is 0 Å². The van der Waals surface area contributed by atoms with E-state index in [1.165, 1.54) is 0 Å². The molecule has 0 radical (unpaired) electrons. The number of hydrogen-bond acceptors (Lipinski definition) is 2. The molecule has 2 atom stereocenters. The summed E-state index contributed by atoms with van der Waals surface area (Å²) in [6.45, 7) is 2.34. The quantitative estimate of drug-likeness (QED) is 0.424. The maximum atomic E-state index is 11.2. The van der Waals surface area contributed by atoms with Crippen molar-refractivity contribution < 1.29 is 9.53 Å². The third kappa shape index (κ3) is 3.51. The molecule has 0 bridgehead atoms. The first-order valence-corrected chi connectivity index (χ1v) is 5.81. The van der Waals surface area contributed by atoms with Gasteiger partial charge in [-0.15, -0.1) is 0 Å². The lowest BCUT2D eigenvalue weighted by molar-refractivity contribution is -0.144. The van der Waals surface area contributed by atoms with E-state index in [9.17, 15) is 4.79 Å². The highest BCUT2D eigenvalue weighted by Gasteiger charge is 2.42. The minimum atomic E-state index is -0.0315. The van der Waals surface area contributed by atoms with E-state index in [0.717, 1.165) is 18.2 Å². The van der Waals surface area contributed by atoms with Crippen LogP contribution in [0.3, 0.4) is 0 Å². The summed E-state index contributed by atoms with van der Waals surface area (Å²) in [5.41, 5.74) is 0. The van der Waals surface area contributed by atoms with Gasteiger partial charge in [-0.05, 0) is 25.7 Å². The molecule has 1 saturated carbocycles. The third-order valence-electron chi connectivity index (χ3n) is 2.09. The highest BCUT2D eigenvalue weighted by molar-refractivity contribution is 9.09. The number of carbonyl (C=O) groups is 1. The fraction of sp³-hybridized carbons (Fsp3) is 0.700. The Kier molecular flexibility index (Phi) is 4.50. The van der Waals surface area contributed by atoms with Gasteiger partial charge in [-0.2, -0.15) is 0 Å². The summed E-state index contributed by atoms with van der Waals surface area (Å²) >= 11 is 3.35. The fourth-order valence-corrected chi connectivity index (χ4v) is 1.55. The average Bonchev–Trinajstić information content (AvgIpc) is 2.85. The highest BCUT2D eigenvalue weighted by atomic mass is 79.9. The van der Waals surface area contributed by atoms with Crippen molar-refractivity contribution in [1.82, 2.24) is 0 Å². The van der Waals surface area contributed by atoms with Crippen LogP contribution in [-0.4, -0.2) is 17.9 Å². The van der Waals surface area contributed by atoms with E-state index in [4.69, 9.17) is 4.74 Å². The second kappa shape index (κ2) is 5.43. The average molecular weight is 247 g/mol. The van der Waals surface area contributed by atoms with Gasteiger partial charge in [-0.1, -0.05) is 28.1 Å². The van der Waals surface area contributed by atoms with Crippen molar-refractivity contribution in [3.8, 4) is 0 Å². The lowest BCUT2D eigenvalue weighted by Gasteiger charge is -1.97. The Labute approximate surface area is 87.5 Å². The lowest BCUT2D eigenvalue weighted by atomic mass is 10.3. The molecule has 13 heavy (non-hydrogen) atoms. The molecule has 74 valence electrons. The van der Waals surface area contributed by atoms with Gasteiger partial charge in [0, 0.05) is 5.33 Å². The van der Waals surface area contributed by atoms with Gasteiger partial charge >= 0.3 is 5.97 Å². The van der Waals surface area contributed by atoms with Crippen LogP contribution in [0, 0.1) is 11.8 Å². The van der Waals surface area contributed by atoms with E-state index in [-0.39, 0.29) is 11.9 Å². The molecule has 0 aromatic carbocycles. The minimum Gasteiger partial charge on any atom is -0.466 e. The number of halogens is 1. The molecule has 1 aliphatic carbocycles. The first kappa shape index (κ1) is 10.8. The van der Waals surface area contributed by atoms with Gasteiger partial charge in [-0.3, -0.25) is 4.79 Å². The summed E-state index contributed by atoms with van der Waals surface area (Å²) in [6, 6.07) is 0. The van der Waals surface area contributed by atoms with Crippen LogP contribution < -0.4 is 0 Å². The van der Waals surface area contributed by atoms with Crippen LogP contribution in [0.4, 0.5) is 0 Å². The molecule has 0 aromatic rings. The third-order valence-corrected chi connectivity index (χ3v) is 2.55. The lowest BCUT2D eigenvalue weighted by Crippen LogP contribution is -2.06. The molecule has 0 aromatic heterocycles. The van der Waals surface area contributed by atoms with Crippen LogP contribution in [0.25, 0.3) is 0 Å². The van der Waals surface area contributed by atoms with Crippen molar-refractivity contribution in [3.63, 3.8) is 0 Å². The molecule has 2 nitrogen and oxygen atoms in total. The molecule has 0 aliphatic heterocycles. The zero-order valence-electron chi connectivity index (χ0n) is 7.83. The molecule has 1 fully saturated rings. The van der Waals surface area contributed by atoms with Crippen molar-refractivity contribution in [1.29, 1.82) is 0 Å². The molecular formula is C10H15BrO2. The maximum Gasteiger partial charge on any atom is 0.309 e. The number of ether oxygens (including phenoxy) is 1. The van der Waals surface area contributed by atoms with Crippen molar-refractivity contribution in [3.05, 3.63) is 12.2 Å². The van der Waals surface area contributed by atoms with E-state index in [1.807, 2.05) is 6.92 Å². The topological polar surface area (TPSA) is 26.3 Å². The van der Waals surface area contributed by atoms with Crippen LogP contribution in [0.5, 0.6) is 0 Å². The van der Waals surface area contributed by atoms with Crippen LogP contribution in [0.1, 0.15) is 19.8 Å². The predicted molar refractivity (Wildman–Crippen MR) is 55.8 cm³/mol. The minimum absolute atomic E-state index is 0.0315. The van der Waals surface area contributed by atoms with E-state index >= 15 is 0 Å². The van der Waals surface area contributed by atoms with Gasteiger partial charge in [-0.25, -0.2) is 0 Å². The molecule has 1 aliphatic rings. The van der Waals surface area contributed by atoms with Crippen molar-refractivity contribution >= 4 is 21.9 Å². The Balaban J connectivity index is 2.18. The van der Waals surface area contributed by atoms with Gasteiger partial charge < -0.3 is 4.74 Å². The van der Waals surface area contributed by atoms with Gasteiger partial charge in [0.1, 0.15) is 0 Å². The normalized spacial score (nSPS) is 26.3. The van der Waals surface area contributed by atoms with E-state index in [0.29, 0.717) is 12.5 Å². The summed E-state index contributed by atoms with van der Waals surface area (Å²) in [4.78, 5) is 11.2. The first-order valence-electron chi connectivity index (χ1n) is 4.68. The Morgan fingerprint density at radius 3 is 3.08 bits per heavy atom. The van der Waals surface area contributed by atoms with Crippen LogP contribution in [0.15, 0.2) is 12.2 Å². The predicted octanol–water partition coefficient (Wildman–Crippen LogP) is 2.53. The summed E-state index contributed by atoms with van der Waals surface area (Å²) in [7, 11) is 0. The van der Waals surface area contributed by atoms with Gasteiger partial charge in [0.2, 0.25) is 0 Å². The number of carbonyl (C=O) groups excluding carboxylic acids is 1. The van der Waals surface area contributed by atoms with Gasteiger partial charge in [0.05, 0.1) is 12.5 Å². The number of hydrogen-bond donors (Lipinski definition) is 0. The standard InChI is InChI=1S/C10H15BrO2/c1-2-13-10(12)9-7-8(9)5-3-4-6-11/h3,5,8-9H,2,4,6-7H2,1H3/b5-3-. The zero-order chi connectivity index (χ0) is 9.68. The summed E-state index contributed by atoms with van der Waals surface area (Å²) in [5, 5.41) is 0.986. The zero-order valence-corrected chi connectivity index (χ0v) is 9.42. The molecule has 3 heteroatoms. The molecule has 0 N–H and O–H groups in total. The van der Waals surface area contributed by atoms with E-state index in [2.05, 4.69) is 28.1 Å². The second-order valence-electron chi connectivity index (χ2n) is 3.16. The second-order valence-corrected chi connectivity index (χ2v) is 3.96. The molecule has 0 saturated heterocycles. The smallest absolute Gasteiger partial charge is 0.309 e. The van der Waals surface area contributed by atoms with Crippen molar-refractivity contribution in [2.24, 2.45) is 11.8 Å². The summed E-state index contributed by atoms with van der Waals surface area (Å²) < 4.78 is 4.92. The van der Waals surface area contributed by atoms with Gasteiger partial charge in [0.15, 0.2) is 0 Å². The highest BCUT2D eigenvalue weighted by Crippen LogP contribution is 2.40. The van der Waals surface area contributed by atoms with E-state index in [1.54, 1.807) is 0 Å². The van der Waals surface area contributed by atoms with Crippen LogP contribution in [0.2, 0.25) is 0 Å². The van der Waals surface area contributed by atoms with Crippen LogP contribution >= 0.6 is 15.9 Å². The molecule has 2 unspecified atom stereocenters. The maximum absolute atomic E-state index is 11.2. The summed E-state index contributed by atoms with van der Waals surface area (Å²) in [5.74, 6) is 0.556. The van der Waals surface area contributed by atoms with Crippen molar-refractivity contribution in [2.45, 2.75) is 19.8 Å². The molecule has 0 heterocycles. The van der Waals surface area contributed by atoms with Crippen LogP contribution in [-0.2, 0) is 9.53 Å².